The fraction of sp³-hybridized carbons (Fsp3) is 0.250. The number of hydrogen-bond acceptors (Lipinski definition) is 1. The van der Waals surface area contributed by atoms with E-state index in [0.717, 1.165) is 50.1 Å². The molecule has 0 radical (unpaired) electrons. The summed E-state index contributed by atoms with van der Waals surface area (Å²) in [7, 11) is 1.81. The first-order valence-electron chi connectivity index (χ1n) is 12.3. The second-order valence-electron chi connectivity index (χ2n) is 8.45. The van der Waals surface area contributed by atoms with Gasteiger partial charge in [0.05, 0.1) is 0 Å². The Morgan fingerprint density at radius 1 is 0.694 bits per heavy atom. The van der Waals surface area contributed by atoms with E-state index >= 15 is 0 Å². The Kier molecular flexibility index (Phi) is 11.5. The van der Waals surface area contributed by atoms with E-state index in [1.54, 1.807) is 12.1 Å². The van der Waals surface area contributed by atoms with Gasteiger partial charge in [-0.25, -0.2) is 8.78 Å². The molecular weight excluding hydrogens is 459 g/mol. The van der Waals surface area contributed by atoms with Crippen molar-refractivity contribution in [1.29, 1.82) is 0 Å². The minimum atomic E-state index is -0.203. The quantitative estimate of drug-likeness (QED) is 0.269. The monoisotopic (exact) mass is 493 g/mol. The minimum Gasteiger partial charge on any atom is -0.316 e. The van der Waals surface area contributed by atoms with E-state index in [1.807, 2.05) is 96.3 Å². The summed E-state index contributed by atoms with van der Waals surface area (Å²) in [6.07, 6.45) is 0.671. The SMILES string of the molecule is CC.CCc1c(C)cc(-c2[c-]c(-c3cccc(-c4cc(C)c(CNC)c(F)c4)c3)ccc2)cc1F.[Na+]. The molecule has 0 saturated carbocycles. The van der Waals surface area contributed by atoms with Gasteiger partial charge in [-0.3, -0.25) is 0 Å². The first-order valence-corrected chi connectivity index (χ1v) is 12.3. The van der Waals surface area contributed by atoms with Gasteiger partial charge < -0.3 is 5.32 Å². The second-order valence-corrected chi connectivity index (χ2v) is 8.45. The molecule has 0 bridgehead atoms. The first kappa shape index (κ1) is 29.9. The zero-order valence-electron chi connectivity index (χ0n) is 22.5. The second kappa shape index (κ2) is 13.9. The van der Waals surface area contributed by atoms with Gasteiger partial charge in [-0.2, -0.15) is 0 Å². The largest absolute Gasteiger partial charge is 1.00 e. The van der Waals surface area contributed by atoms with Crippen LogP contribution in [0, 0.1) is 31.5 Å². The van der Waals surface area contributed by atoms with Gasteiger partial charge in [0.1, 0.15) is 11.6 Å². The average Bonchev–Trinajstić information content (AvgIpc) is 2.87. The number of rotatable bonds is 6. The van der Waals surface area contributed by atoms with Crippen LogP contribution in [0.25, 0.3) is 33.4 Å². The summed E-state index contributed by atoms with van der Waals surface area (Å²) in [4.78, 5) is 0. The van der Waals surface area contributed by atoms with Crippen LogP contribution in [0.5, 0.6) is 0 Å². The maximum atomic E-state index is 14.7. The first-order chi connectivity index (χ1) is 16.9. The van der Waals surface area contributed by atoms with Gasteiger partial charge in [0, 0.05) is 12.1 Å². The molecule has 1 N–H and O–H groups in total. The van der Waals surface area contributed by atoms with Crippen LogP contribution in [-0.4, -0.2) is 7.05 Å². The van der Waals surface area contributed by atoms with Crippen LogP contribution < -0.4 is 34.9 Å². The van der Waals surface area contributed by atoms with E-state index in [9.17, 15) is 8.78 Å². The number of benzene rings is 4. The molecule has 4 aromatic rings. The predicted octanol–water partition coefficient (Wildman–Crippen LogP) is 5.69. The molecule has 0 aliphatic carbocycles. The summed E-state index contributed by atoms with van der Waals surface area (Å²) >= 11 is 0. The molecule has 0 fully saturated rings. The zero-order chi connectivity index (χ0) is 25.5. The van der Waals surface area contributed by atoms with Crippen LogP contribution in [0.4, 0.5) is 8.78 Å². The summed E-state index contributed by atoms with van der Waals surface area (Å²) in [6.45, 7) is 10.3. The van der Waals surface area contributed by atoms with E-state index in [-0.39, 0.29) is 41.2 Å². The molecule has 4 rings (SSSR count). The maximum absolute atomic E-state index is 14.7. The molecule has 0 heterocycles. The fourth-order valence-electron chi connectivity index (χ4n) is 4.39. The molecule has 0 aliphatic heterocycles. The van der Waals surface area contributed by atoms with Crippen LogP contribution in [0.1, 0.15) is 43.0 Å². The Balaban J connectivity index is 0.00000148. The number of hydrogen-bond donors (Lipinski definition) is 1. The molecule has 0 unspecified atom stereocenters. The summed E-state index contributed by atoms with van der Waals surface area (Å²) < 4.78 is 29.2. The van der Waals surface area contributed by atoms with Gasteiger partial charge in [-0.05, 0) is 55.6 Å². The third-order valence-corrected chi connectivity index (χ3v) is 6.16. The van der Waals surface area contributed by atoms with Crippen molar-refractivity contribution in [1.82, 2.24) is 5.32 Å². The summed E-state index contributed by atoms with van der Waals surface area (Å²) in [5, 5.41) is 3.02. The van der Waals surface area contributed by atoms with Crippen molar-refractivity contribution < 1.29 is 38.3 Å². The third kappa shape index (κ3) is 6.72. The third-order valence-electron chi connectivity index (χ3n) is 6.16. The molecule has 0 aliphatic rings. The topological polar surface area (TPSA) is 12.0 Å². The number of nitrogens with one attached hydrogen (secondary N) is 1. The normalized spacial score (nSPS) is 10.3. The Bertz CT molecular complexity index is 1270. The Morgan fingerprint density at radius 3 is 1.83 bits per heavy atom. The van der Waals surface area contributed by atoms with Gasteiger partial charge in [0.25, 0.3) is 0 Å². The molecule has 0 saturated heterocycles. The summed E-state index contributed by atoms with van der Waals surface area (Å²) in [6, 6.07) is 24.6. The van der Waals surface area contributed by atoms with E-state index < -0.39 is 0 Å². The molecule has 0 spiro atoms. The summed E-state index contributed by atoms with van der Waals surface area (Å²) in [5.74, 6) is -0.376. The standard InChI is InChI=1S/C30H28F2N.C2H6.Na/c1-5-27-19(2)12-25(16-29(27)31)23-10-6-8-21(14-23)22-9-7-11-24(15-22)26-13-20(3)28(18-33-4)30(32)17-26;1-2;/h6-13,15-17,33H,5,18H2,1-4H3;1-2H3;/q-1;;+1. The average molecular weight is 494 g/mol. The molecular formula is C32H34F2NNa. The molecule has 36 heavy (non-hydrogen) atoms. The van der Waals surface area contributed by atoms with Crippen LogP contribution >= 0.6 is 0 Å². The van der Waals surface area contributed by atoms with Crippen LogP contribution in [0.2, 0.25) is 0 Å². The maximum Gasteiger partial charge on any atom is 1.00 e. The molecule has 4 heteroatoms. The molecule has 182 valence electrons. The number of aryl methyl sites for hydroxylation is 2. The van der Waals surface area contributed by atoms with Gasteiger partial charge in [-0.15, -0.1) is 35.4 Å². The summed E-state index contributed by atoms with van der Waals surface area (Å²) in [5.41, 5.74) is 8.66. The van der Waals surface area contributed by atoms with Crippen LogP contribution in [-0.2, 0) is 13.0 Å². The fourth-order valence-corrected chi connectivity index (χ4v) is 4.39. The van der Waals surface area contributed by atoms with Gasteiger partial charge in [0.2, 0.25) is 0 Å². The van der Waals surface area contributed by atoms with Crippen molar-refractivity contribution in [3.05, 3.63) is 107 Å². The van der Waals surface area contributed by atoms with Crippen molar-refractivity contribution in [3.8, 4) is 33.4 Å². The number of halogens is 2. The van der Waals surface area contributed by atoms with Gasteiger partial charge in [0.15, 0.2) is 0 Å². The van der Waals surface area contributed by atoms with Gasteiger partial charge in [-0.1, -0.05) is 79.9 Å². The molecule has 0 amide bonds. The molecule has 4 aromatic carbocycles. The Morgan fingerprint density at radius 2 is 1.22 bits per heavy atom. The van der Waals surface area contributed by atoms with Gasteiger partial charge >= 0.3 is 29.6 Å². The van der Waals surface area contributed by atoms with E-state index in [0.29, 0.717) is 18.5 Å². The van der Waals surface area contributed by atoms with Crippen molar-refractivity contribution in [2.75, 3.05) is 7.05 Å². The van der Waals surface area contributed by atoms with Crippen molar-refractivity contribution in [2.24, 2.45) is 0 Å². The minimum absolute atomic E-state index is 0. The van der Waals surface area contributed by atoms with Crippen molar-refractivity contribution in [2.45, 2.75) is 47.6 Å². The Labute approximate surface area is 237 Å². The smallest absolute Gasteiger partial charge is 0.316 e. The molecule has 0 atom stereocenters. The molecule has 0 aromatic heterocycles. The van der Waals surface area contributed by atoms with Crippen LogP contribution in [0.3, 0.4) is 0 Å². The van der Waals surface area contributed by atoms with Crippen molar-refractivity contribution in [3.63, 3.8) is 0 Å². The van der Waals surface area contributed by atoms with E-state index in [1.165, 1.54) is 0 Å². The Hall–Kier alpha value is -2.30. The van der Waals surface area contributed by atoms with E-state index in [4.69, 9.17) is 0 Å². The van der Waals surface area contributed by atoms with E-state index in [2.05, 4.69) is 11.4 Å². The zero-order valence-corrected chi connectivity index (χ0v) is 24.5. The molecule has 1 nitrogen and oxygen atoms in total. The predicted molar refractivity (Wildman–Crippen MR) is 144 cm³/mol. The van der Waals surface area contributed by atoms with Crippen molar-refractivity contribution >= 4 is 0 Å². The van der Waals surface area contributed by atoms with Crippen LogP contribution in [0.15, 0.2) is 66.7 Å².